The molecule has 2 aromatic rings. The van der Waals surface area contributed by atoms with Crippen molar-refractivity contribution in [2.24, 2.45) is 5.92 Å². The molecule has 4 nitrogen and oxygen atoms in total. The first-order valence-corrected chi connectivity index (χ1v) is 8.67. The maximum atomic E-state index is 13.1. The molecule has 3 rings (SSSR count). The fourth-order valence-corrected chi connectivity index (χ4v) is 3.20. The number of likely N-dealkylation sites (tertiary alicyclic amines) is 1. The standard InChI is InChI=1S/C20H19F3N2O2/c21-20(22,23)17-9-5-4-8-16(17)19(27)25-12-10-14(11-13-25)18(26)24-15-6-2-1-3-7-15/h1-9,14H,10-13H2,(H,24,26). The Kier molecular flexibility index (Phi) is 5.48. The second-order valence-electron chi connectivity index (χ2n) is 6.47. The Bertz CT molecular complexity index is 813. The number of rotatable bonds is 3. The lowest BCUT2D eigenvalue weighted by Gasteiger charge is -2.32. The third kappa shape index (κ3) is 4.48. The Balaban J connectivity index is 1.63. The summed E-state index contributed by atoms with van der Waals surface area (Å²) in [5, 5.41) is 2.83. The molecule has 1 fully saturated rings. The molecular formula is C20H19F3N2O2. The van der Waals surface area contributed by atoms with Gasteiger partial charge in [-0.05, 0) is 37.1 Å². The summed E-state index contributed by atoms with van der Waals surface area (Å²) in [4.78, 5) is 26.3. The lowest BCUT2D eigenvalue weighted by molar-refractivity contribution is -0.138. The van der Waals surface area contributed by atoms with Gasteiger partial charge >= 0.3 is 6.18 Å². The Labute approximate surface area is 155 Å². The molecule has 2 amide bonds. The summed E-state index contributed by atoms with van der Waals surface area (Å²) < 4.78 is 39.4. The fourth-order valence-electron chi connectivity index (χ4n) is 3.20. The van der Waals surface area contributed by atoms with Crippen molar-refractivity contribution in [3.8, 4) is 0 Å². The summed E-state index contributed by atoms with van der Waals surface area (Å²) in [5.41, 5.74) is -0.587. The van der Waals surface area contributed by atoms with Gasteiger partial charge in [0.2, 0.25) is 5.91 Å². The van der Waals surface area contributed by atoms with Gasteiger partial charge in [0, 0.05) is 24.7 Å². The van der Waals surface area contributed by atoms with Gasteiger partial charge in [-0.15, -0.1) is 0 Å². The minimum atomic E-state index is -4.58. The molecular weight excluding hydrogens is 357 g/mol. The van der Waals surface area contributed by atoms with Crippen LogP contribution in [0.4, 0.5) is 18.9 Å². The first-order valence-electron chi connectivity index (χ1n) is 8.67. The van der Waals surface area contributed by atoms with Crippen molar-refractivity contribution in [1.29, 1.82) is 0 Å². The van der Waals surface area contributed by atoms with Gasteiger partial charge in [-0.2, -0.15) is 13.2 Å². The van der Waals surface area contributed by atoms with Crippen LogP contribution in [0.3, 0.4) is 0 Å². The van der Waals surface area contributed by atoms with E-state index in [9.17, 15) is 22.8 Å². The van der Waals surface area contributed by atoms with Crippen LogP contribution < -0.4 is 5.32 Å². The number of nitrogens with one attached hydrogen (secondary N) is 1. The normalized spacial score (nSPS) is 15.4. The number of nitrogens with zero attached hydrogens (tertiary/aromatic N) is 1. The summed E-state index contributed by atoms with van der Waals surface area (Å²) in [7, 11) is 0. The summed E-state index contributed by atoms with van der Waals surface area (Å²) in [6.07, 6.45) is -3.75. The molecule has 142 valence electrons. The number of carbonyl (C=O) groups excluding carboxylic acids is 2. The number of amides is 2. The Morgan fingerprint density at radius 3 is 2.15 bits per heavy atom. The maximum Gasteiger partial charge on any atom is 0.417 e. The van der Waals surface area contributed by atoms with Crippen molar-refractivity contribution in [1.82, 2.24) is 4.90 Å². The highest BCUT2D eigenvalue weighted by Crippen LogP contribution is 2.33. The van der Waals surface area contributed by atoms with E-state index in [0.29, 0.717) is 18.5 Å². The summed E-state index contributed by atoms with van der Waals surface area (Å²) in [6.45, 7) is 0.496. The largest absolute Gasteiger partial charge is 0.417 e. The lowest BCUT2D eigenvalue weighted by atomic mass is 9.94. The van der Waals surface area contributed by atoms with Crippen molar-refractivity contribution in [3.63, 3.8) is 0 Å². The highest BCUT2D eigenvalue weighted by atomic mass is 19.4. The van der Waals surface area contributed by atoms with Crippen LogP contribution in [0.1, 0.15) is 28.8 Å². The van der Waals surface area contributed by atoms with E-state index < -0.39 is 17.6 Å². The van der Waals surface area contributed by atoms with E-state index >= 15 is 0 Å². The summed E-state index contributed by atoms with van der Waals surface area (Å²) in [6, 6.07) is 13.8. The monoisotopic (exact) mass is 376 g/mol. The second-order valence-corrected chi connectivity index (χ2v) is 6.47. The summed E-state index contributed by atoms with van der Waals surface area (Å²) >= 11 is 0. The van der Waals surface area contributed by atoms with Gasteiger partial charge < -0.3 is 10.2 Å². The van der Waals surface area contributed by atoms with Crippen LogP contribution >= 0.6 is 0 Å². The Hall–Kier alpha value is -2.83. The zero-order chi connectivity index (χ0) is 19.4. The van der Waals surface area contributed by atoms with Crippen molar-refractivity contribution in [2.45, 2.75) is 19.0 Å². The first kappa shape index (κ1) is 18.9. The van der Waals surface area contributed by atoms with E-state index in [1.165, 1.54) is 23.1 Å². The first-order chi connectivity index (χ1) is 12.9. The predicted molar refractivity (Wildman–Crippen MR) is 95.1 cm³/mol. The van der Waals surface area contributed by atoms with Gasteiger partial charge in [0.1, 0.15) is 0 Å². The number of benzene rings is 2. The number of para-hydroxylation sites is 1. The number of piperidine rings is 1. The van der Waals surface area contributed by atoms with Crippen LogP contribution in [0.25, 0.3) is 0 Å². The molecule has 0 atom stereocenters. The topological polar surface area (TPSA) is 49.4 Å². The molecule has 1 heterocycles. The SMILES string of the molecule is O=C(Nc1ccccc1)C1CCN(C(=O)c2ccccc2C(F)(F)F)CC1. The molecule has 1 N–H and O–H groups in total. The minimum absolute atomic E-state index is 0.135. The average Bonchev–Trinajstić information content (AvgIpc) is 2.67. The van der Waals surface area contributed by atoms with Gasteiger partial charge in [-0.25, -0.2) is 0 Å². The summed E-state index contributed by atoms with van der Waals surface area (Å²) in [5.74, 6) is -1.05. The van der Waals surface area contributed by atoms with Crippen LogP contribution in [0.5, 0.6) is 0 Å². The molecule has 0 saturated carbocycles. The fraction of sp³-hybridized carbons (Fsp3) is 0.300. The van der Waals surface area contributed by atoms with Crippen LogP contribution in [-0.4, -0.2) is 29.8 Å². The molecule has 27 heavy (non-hydrogen) atoms. The molecule has 1 aliphatic rings. The van der Waals surface area contributed by atoms with Gasteiger partial charge in [-0.3, -0.25) is 9.59 Å². The van der Waals surface area contributed by atoms with Gasteiger partial charge in [0.25, 0.3) is 5.91 Å². The van der Waals surface area contributed by atoms with Crippen LogP contribution in [0, 0.1) is 5.92 Å². The van der Waals surface area contributed by atoms with E-state index in [2.05, 4.69) is 5.32 Å². The molecule has 1 aliphatic heterocycles. The van der Waals surface area contributed by atoms with Gasteiger partial charge in [0.05, 0.1) is 11.1 Å². The smallest absolute Gasteiger partial charge is 0.339 e. The minimum Gasteiger partial charge on any atom is -0.339 e. The molecule has 2 aromatic carbocycles. The number of hydrogen-bond acceptors (Lipinski definition) is 2. The Morgan fingerprint density at radius 2 is 1.52 bits per heavy atom. The quantitative estimate of drug-likeness (QED) is 0.873. The third-order valence-electron chi connectivity index (χ3n) is 4.66. The second kappa shape index (κ2) is 7.82. The van der Waals surface area contributed by atoms with E-state index in [1.54, 1.807) is 12.1 Å². The molecule has 0 bridgehead atoms. The van der Waals surface area contributed by atoms with Crippen LogP contribution in [0.2, 0.25) is 0 Å². The molecule has 0 unspecified atom stereocenters. The lowest BCUT2D eigenvalue weighted by Crippen LogP contribution is -2.42. The van der Waals surface area contributed by atoms with Gasteiger partial charge in [-0.1, -0.05) is 30.3 Å². The third-order valence-corrected chi connectivity index (χ3v) is 4.66. The van der Waals surface area contributed by atoms with Gasteiger partial charge in [0.15, 0.2) is 0 Å². The van der Waals surface area contributed by atoms with Crippen molar-refractivity contribution >= 4 is 17.5 Å². The van der Waals surface area contributed by atoms with Crippen molar-refractivity contribution in [3.05, 3.63) is 65.7 Å². The average molecular weight is 376 g/mol. The molecule has 0 aliphatic carbocycles. The molecule has 0 spiro atoms. The highest BCUT2D eigenvalue weighted by Gasteiger charge is 2.36. The van der Waals surface area contributed by atoms with Crippen molar-refractivity contribution < 1.29 is 22.8 Å². The number of hydrogen-bond donors (Lipinski definition) is 1. The Morgan fingerprint density at radius 1 is 0.926 bits per heavy atom. The maximum absolute atomic E-state index is 13.1. The number of carbonyl (C=O) groups is 2. The van der Waals surface area contributed by atoms with E-state index in [-0.39, 0.29) is 30.5 Å². The number of halogens is 3. The molecule has 1 saturated heterocycles. The van der Waals surface area contributed by atoms with Crippen LogP contribution in [-0.2, 0) is 11.0 Å². The molecule has 0 aromatic heterocycles. The van der Waals surface area contributed by atoms with E-state index in [4.69, 9.17) is 0 Å². The zero-order valence-corrected chi connectivity index (χ0v) is 14.5. The van der Waals surface area contributed by atoms with E-state index in [1.807, 2.05) is 18.2 Å². The number of alkyl halides is 3. The number of anilines is 1. The molecule has 7 heteroatoms. The molecule has 0 radical (unpaired) electrons. The van der Waals surface area contributed by atoms with E-state index in [0.717, 1.165) is 6.07 Å². The van der Waals surface area contributed by atoms with Crippen LogP contribution in [0.15, 0.2) is 54.6 Å². The highest BCUT2D eigenvalue weighted by molar-refractivity contribution is 5.96. The predicted octanol–water partition coefficient (Wildman–Crippen LogP) is 4.20. The zero-order valence-electron chi connectivity index (χ0n) is 14.5. The van der Waals surface area contributed by atoms with Crippen molar-refractivity contribution in [2.75, 3.05) is 18.4 Å².